The highest BCUT2D eigenvalue weighted by Gasteiger charge is 2.14. The zero-order valence-corrected chi connectivity index (χ0v) is 14.5. The second kappa shape index (κ2) is 7.12. The molecule has 0 saturated carbocycles. The Kier molecular flexibility index (Phi) is 4.91. The molecule has 0 spiro atoms. The molecule has 8 heteroatoms. The minimum atomic E-state index is -3.55. The van der Waals surface area contributed by atoms with Gasteiger partial charge in [0.2, 0.25) is 10.0 Å². The quantitative estimate of drug-likeness (QED) is 0.679. The lowest BCUT2D eigenvalue weighted by Crippen LogP contribution is -2.25. The number of aromatic nitrogens is 3. The highest BCUT2D eigenvalue weighted by Crippen LogP contribution is 2.13. The Labute approximate surface area is 145 Å². The van der Waals surface area contributed by atoms with Crippen LogP contribution in [0.3, 0.4) is 0 Å². The Morgan fingerprint density at radius 3 is 2.52 bits per heavy atom. The van der Waals surface area contributed by atoms with Crippen LogP contribution < -0.4 is 10.3 Å². The molecule has 130 valence electrons. The molecule has 1 heterocycles. The van der Waals surface area contributed by atoms with Crippen LogP contribution in [-0.2, 0) is 10.0 Å². The maximum absolute atomic E-state index is 12.5. The van der Waals surface area contributed by atoms with E-state index in [1.807, 2.05) is 6.92 Å². The predicted molar refractivity (Wildman–Crippen MR) is 95.2 cm³/mol. The number of rotatable bonds is 6. The number of sulfonamides is 1. The van der Waals surface area contributed by atoms with Gasteiger partial charge >= 0.3 is 0 Å². The summed E-state index contributed by atoms with van der Waals surface area (Å²) < 4.78 is 28.1. The molecule has 3 rings (SSSR count). The summed E-state index contributed by atoms with van der Waals surface area (Å²) in [6, 6.07) is 12.9. The standard InChI is InChI=1S/C17H18N4O3S/c1-2-3-12-18-25(23,24)14-10-8-13(9-11-14)21-17(22)15-6-4-5-7-16(15)19-20-21/h4-11,18H,2-3,12H2,1H3. The van der Waals surface area contributed by atoms with Crippen molar-refractivity contribution in [1.29, 1.82) is 0 Å². The summed E-state index contributed by atoms with van der Waals surface area (Å²) in [6.45, 7) is 2.39. The lowest BCUT2D eigenvalue weighted by atomic mass is 10.2. The van der Waals surface area contributed by atoms with Gasteiger partial charge in [0.05, 0.1) is 16.0 Å². The summed E-state index contributed by atoms with van der Waals surface area (Å²) in [5, 5.41) is 8.39. The third kappa shape index (κ3) is 3.59. The molecule has 1 N–H and O–H groups in total. The molecule has 0 unspecified atom stereocenters. The molecule has 0 aliphatic heterocycles. The number of nitrogens with one attached hydrogen (secondary N) is 1. The van der Waals surface area contributed by atoms with E-state index in [0.717, 1.165) is 17.5 Å². The first-order chi connectivity index (χ1) is 12.0. The smallest absolute Gasteiger partial charge is 0.267 e. The number of unbranched alkanes of at least 4 members (excludes halogenated alkanes) is 1. The summed E-state index contributed by atoms with van der Waals surface area (Å²) in [4.78, 5) is 12.7. The molecule has 0 saturated heterocycles. The van der Waals surface area contributed by atoms with Crippen molar-refractivity contribution < 1.29 is 8.42 Å². The highest BCUT2D eigenvalue weighted by molar-refractivity contribution is 7.89. The van der Waals surface area contributed by atoms with Crippen molar-refractivity contribution in [3.05, 3.63) is 58.9 Å². The first-order valence-corrected chi connectivity index (χ1v) is 9.46. The van der Waals surface area contributed by atoms with Gasteiger partial charge in [-0.1, -0.05) is 30.7 Å². The molecular weight excluding hydrogens is 340 g/mol. The molecular formula is C17H18N4O3S. The summed E-state index contributed by atoms with van der Waals surface area (Å²) >= 11 is 0. The lowest BCUT2D eigenvalue weighted by molar-refractivity contribution is 0.578. The Morgan fingerprint density at radius 2 is 1.80 bits per heavy atom. The normalized spacial score (nSPS) is 11.7. The fourth-order valence-electron chi connectivity index (χ4n) is 2.39. The van der Waals surface area contributed by atoms with Crippen molar-refractivity contribution in [2.45, 2.75) is 24.7 Å². The van der Waals surface area contributed by atoms with Gasteiger partial charge in [-0.05, 0) is 42.8 Å². The summed E-state index contributed by atoms with van der Waals surface area (Å²) in [6.07, 6.45) is 1.68. The lowest BCUT2D eigenvalue weighted by Gasteiger charge is -2.08. The maximum Gasteiger partial charge on any atom is 0.282 e. The molecule has 0 bridgehead atoms. The largest absolute Gasteiger partial charge is 0.282 e. The van der Waals surface area contributed by atoms with E-state index in [0.29, 0.717) is 23.1 Å². The highest BCUT2D eigenvalue weighted by atomic mass is 32.2. The zero-order chi connectivity index (χ0) is 17.9. The summed E-state index contributed by atoms with van der Waals surface area (Å²) in [5.41, 5.74) is 0.668. The molecule has 0 aliphatic rings. The van der Waals surface area contributed by atoms with Crippen molar-refractivity contribution >= 4 is 20.9 Å². The molecule has 3 aromatic rings. The molecule has 0 radical (unpaired) electrons. The maximum atomic E-state index is 12.5. The van der Waals surface area contributed by atoms with E-state index in [1.165, 1.54) is 12.1 Å². The summed E-state index contributed by atoms with van der Waals surface area (Å²) in [7, 11) is -3.55. The van der Waals surface area contributed by atoms with Gasteiger partial charge in [0, 0.05) is 6.54 Å². The van der Waals surface area contributed by atoms with Crippen molar-refractivity contribution in [2.75, 3.05) is 6.54 Å². The minimum absolute atomic E-state index is 0.147. The predicted octanol–water partition coefficient (Wildman–Crippen LogP) is 1.86. The van der Waals surface area contributed by atoms with E-state index in [-0.39, 0.29) is 10.5 Å². The SMILES string of the molecule is CCCCNS(=O)(=O)c1ccc(-n2nnc3ccccc3c2=O)cc1. The molecule has 2 aromatic carbocycles. The first-order valence-electron chi connectivity index (χ1n) is 7.98. The van der Waals surface area contributed by atoms with Crippen molar-refractivity contribution in [2.24, 2.45) is 0 Å². The van der Waals surface area contributed by atoms with E-state index in [4.69, 9.17) is 0 Å². The average Bonchev–Trinajstić information content (AvgIpc) is 2.63. The van der Waals surface area contributed by atoms with Crippen molar-refractivity contribution in [3.8, 4) is 5.69 Å². The summed E-state index contributed by atoms with van der Waals surface area (Å²) in [5.74, 6) is 0. The second-order valence-corrected chi connectivity index (χ2v) is 7.34. The average molecular weight is 358 g/mol. The van der Waals surface area contributed by atoms with Crippen LogP contribution in [0.1, 0.15) is 19.8 Å². The van der Waals surface area contributed by atoms with E-state index in [1.54, 1.807) is 36.4 Å². The minimum Gasteiger partial charge on any atom is -0.267 e. The molecule has 7 nitrogen and oxygen atoms in total. The van der Waals surface area contributed by atoms with Gasteiger partial charge < -0.3 is 0 Å². The second-order valence-electron chi connectivity index (χ2n) is 5.57. The van der Waals surface area contributed by atoms with Gasteiger partial charge in [-0.2, -0.15) is 4.68 Å². The van der Waals surface area contributed by atoms with Gasteiger partial charge in [-0.3, -0.25) is 4.79 Å². The van der Waals surface area contributed by atoms with Crippen LogP contribution in [0.15, 0.2) is 58.2 Å². The molecule has 0 amide bonds. The van der Waals surface area contributed by atoms with Crippen LogP contribution in [0.5, 0.6) is 0 Å². The molecule has 0 fully saturated rings. The van der Waals surface area contributed by atoms with Crippen LogP contribution in [0.25, 0.3) is 16.6 Å². The van der Waals surface area contributed by atoms with E-state index >= 15 is 0 Å². The van der Waals surface area contributed by atoms with Gasteiger partial charge in [0.15, 0.2) is 0 Å². The van der Waals surface area contributed by atoms with Crippen LogP contribution in [0.2, 0.25) is 0 Å². The monoisotopic (exact) mass is 358 g/mol. The molecule has 0 atom stereocenters. The molecule has 1 aromatic heterocycles. The van der Waals surface area contributed by atoms with Crippen LogP contribution in [-0.4, -0.2) is 30.0 Å². The van der Waals surface area contributed by atoms with E-state index < -0.39 is 10.0 Å². The van der Waals surface area contributed by atoms with E-state index in [9.17, 15) is 13.2 Å². The Hall–Kier alpha value is -2.58. The van der Waals surface area contributed by atoms with Gasteiger partial charge in [-0.25, -0.2) is 13.1 Å². The fraction of sp³-hybridized carbons (Fsp3) is 0.235. The number of hydrogen-bond acceptors (Lipinski definition) is 5. The van der Waals surface area contributed by atoms with Crippen LogP contribution in [0, 0.1) is 0 Å². The Bertz CT molecular complexity index is 1040. The number of nitrogens with zero attached hydrogens (tertiary/aromatic N) is 3. The number of hydrogen-bond donors (Lipinski definition) is 1. The fourth-order valence-corrected chi connectivity index (χ4v) is 3.47. The zero-order valence-electron chi connectivity index (χ0n) is 13.7. The third-order valence-electron chi connectivity index (χ3n) is 3.78. The number of fused-ring (bicyclic) bond motifs is 1. The first kappa shape index (κ1) is 17.2. The van der Waals surface area contributed by atoms with Crippen molar-refractivity contribution in [1.82, 2.24) is 19.7 Å². The van der Waals surface area contributed by atoms with E-state index in [2.05, 4.69) is 15.0 Å². The van der Waals surface area contributed by atoms with Crippen LogP contribution >= 0.6 is 0 Å². The van der Waals surface area contributed by atoms with Crippen molar-refractivity contribution in [3.63, 3.8) is 0 Å². The topological polar surface area (TPSA) is 93.9 Å². The molecule has 0 aliphatic carbocycles. The third-order valence-corrected chi connectivity index (χ3v) is 5.26. The Balaban J connectivity index is 1.93. The van der Waals surface area contributed by atoms with Crippen LogP contribution in [0.4, 0.5) is 0 Å². The van der Waals surface area contributed by atoms with Gasteiger partial charge in [0.25, 0.3) is 5.56 Å². The number of benzene rings is 2. The van der Waals surface area contributed by atoms with Gasteiger partial charge in [0.1, 0.15) is 5.52 Å². The molecule has 25 heavy (non-hydrogen) atoms. The Morgan fingerprint density at radius 1 is 1.08 bits per heavy atom. The van der Waals surface area contributed by atoms with Gasteiger partial charge in [-0.15, -0.1) is 5.10 Å².